The summed E-state index contributed by atoms with van der Waals surface area (Å²) in [6, 6.07) is 5.19. The molecule has 13 heavy (non-hydrogen) atoms. The molecule has 0 fully saturated rings. The van der Waals surface area contributed by atoms with Crippen molar-refractivity contribution in [3.63, 3.8) is 0 Å². The van der Waals surface area contributed by atoms with Crippen LogP contribution in [0.5, 0.6) is 0 Å². The Bertz CT molecular complexity index is 441. The molecule has 0 saturated carbocycles. The van der Waals surface area contributed by atoms with Crippen molar-refractivity contribution in [3.8, 4) is 0 Å². The molecule has 1 aromatic carbocycles. The van der Waals surface area contributed by atoms with Crippen molar-refractivity contribution in [1.29, 1.82) is 0 Å². The molecule has 1 aliphatic rings. The molecule has 2 rings (SSSR count). The molecular formula is C7H9N3O2S. The molecule has 0 aromatic heterocycles. The van der Waals surface area contributed by atoms with Gasteiger partial charge in [0.05, 0.1) is 11.4 Å². The Hall–Kier alpha value is -1.27. The molecule has 0 amide bonds. The lowest BCUT2D eigenvalue weighted by molar-refractivity contribution is 0.607. The summed E-state index contributed by atoms with van der Waals surface area (Å²) in [6.45, 7) is 0.398. The zero-order chi connectivity index (χ0) is 9.47. The fraction of sp³-hybridized carbons (Fsp3) is 0.143. The minimum absolute atomic E-state index is 0.398. The van der Waals surface area contributed by atoms with Gasteiger partial charge < -0.3 is 5.73 Å². The maximum absolute atomic E-state index is 11.0. The van der Waals surface area contributed by atoms with Crippen LogP contribution in [0.1, 0.15) is 5.56 Å². The van der Waals surface area contributed by atoms with E-state index in [2.05, 4.69) is 9.44 Å². The van der Waals surface area contributed by atoms with E-state index in [1.165, 1.54) is 0 Å². The van der Waals surface area contributed by atoms with Crippen molar-refractivity contribution in [3.05, 3.63) is 23.8 Å². The van der Waals surface area contributed by atoms with Crippen molar-refractivity contribution in [1.82, 2.24) is 0 Å². The van der Waals surface area contributed by atoms with Gasteiger partial charge in [0.1, 0.15) is 0 Å². The van der Waals surface area contributed by atoms with E-state index < -0.39 is 10.2 Å². The lowest BCUT2D eigenvalue weighted by Crippen LogP contribution is -2.12. The Kier molecular flexibility index (Phi) is 1.67. The van der Waals surface area contributed by atoms with Gasteiger partial charge in [0, 0.05) is 6.54 Å². The Morgan fingerprint density at radius 3 is 2.62 bits per heavy atom. The van der Waals surface area contributed by atoms with Crippen LogP contribution in [0.25, 0.3) is 0 Å². The van der Waals surface area contributed by atoms with E-state index in [-0.39, 0.29) is 0 Å². The van der Waals surface area contributed by atoms with E-state index in [1.54, 1.807) is 18.2 Å². The van der Waals surface area contributed by atoms with E-state index in [0.717, 1.165) is 5.56 Å². The molecule has 0 unspecified atom stereocenters. The topological polar surface area (TPSA) is 84.2 Å². The number of nitrogens with two attached hydrogens (primary N) is 1. The Morgan fingerprint density at radius 1 is 1.23 bits per heavy atom. The van der Waals surface area contributed by atoms with E-state index in [4.69, 9.17) is 5.73 Å². The average Bonchev–Trinajstić information content (AvgIpc) is 2.36. The third kappa shape index (κ3) is 1.45. The molecule has 0 aliphatic carbocycles. The van der Waals surface area contributed by atoms with Gasteiger partial charge in [-0.2, -0.15) is 8.42 Å². The summed E-state index contributed by atoms with van der Waals surface area (Å²) in [4.78, 5) is 0. The Labute approximate surface area is 76.1 Å². The van der Waals surface area contributed by atoms with Crippen LogP contribution >= 0.6 is 0 Å². The predicted molar refractivity (Wildman–Crippen MR) is 50.5 cm³/mol. The predicted octanol–water partition coefficient (Wildman–Crippen LogP) is 0.227. The van der Waals surface area contributed by atoms with Gasteiger partial charge in [-0.3, -0.25) is 9.44 Å². The van der Waals surface area contributed by atoms with E-state index in [1.807, 2.05) is 0 Å². The fourth-order valence-corrected chi connectivity index (χ4v) is 2.18. The molecule has 6 heteroatoms. The Balaban J connectivity index is 2.47. The van der Waals surface area contributed by atoms with Gasteiger partial charge in [-0.25, -0.2) is 0 Å². The maximum atomic E-state index is 11.0. The quantitative estimate of drug-likeness (QED) is 0.605. The second-order valence-electron chi connectivity index (χ2n) is 2.79. The first-order chi connectivity index (χ1) is 6.11. The fourth-order valence-electron chi connectivity index (χ4n) is 1.21. The first kappa shape index (κ1) is 8.33. The van der Waals surface area contributed by atoms with Crippen LogP contribution in [0.3, 0.4) is 0 Å². The first-order valence-corrected chi connectivity index (χ1v) is 5.22. The van der Waals surface area contributed by atoms with E-state index >= 15 is 0 Å². The molecule has 1 aromatic rings. The molecular weight excluding hydrogens is 190 g/mol. The highest BCUT2D eigenvalue weighted by Crippen LogP contribution is 2.30. The van der Waals surface area contributed by atoms with Gasteiger partial charge in [0.15, 0.2) is 0 Å². The van der Waals surface area contributed by atoms with Crippen LogP contribution in [0.15, 0.2) is 18.2 Å². The minimum Gasteiger partial charge on any atom is -0.326 e. The highest BCUT2D eigenvalue weighted by molar-refractivity contribution is 7.94. The number of benzene rings is 1. The van der Waals surface area contributed by atoms with Crippen molar-refractivity contribution >= 4 is 21.6 Å². The van der Waals surface area contributed by atoms with Crippen LogP contribution in [-0.2, 0) is 16.8 Å². The summed E-state index contributed by atoms with van der Waals surface area (Å²) in [5.41, 5.74) is 7.43. The van der Waals surface area contributed by atoms with Gasteiger partial charge in [0.25, 0.3) is 0 Å². The number of fused-ring (bicyclic) bond motifs is 1. The number of nitrogens with one attached hydrogen (secondary N) is 2. The SMILES string of the molecule is NCc1ccc2c(c1)NS(=O)(=O)N2. The van der Waals surface area contributed by atoms with Crippen LogP contribution < -0.4 is 15.2 Å². The summed E-state index contributed by atoms with van der Waals surface area (Å²) in [5, 5.41) is 0. The zero-order valence-electron chi connectivity index (χ0n) is 6.74. The summed E-state index contributed by atoms with van der Waals surface area (Å²) in [7, 11) is -3.37. The molecule has 0 radical (unpaired) electrons. The second kappa shape index (κ2) is 2.61. The molecule has 0 spiro atoms. The van der Waals surface area contributed by atoms with Crippen LogP contribution in [-0.4, -0.2) is 8.42 Å². The maximum Gasteiger partial charge on any atom is 0.321 e. The number of anilines is 2. The summed E-state index contributed by atoms with van der Waals surface area (Å²) in [5.74, 6) is 0. The normalized spacial score (nSPS) is 17.3. The minimum atomic E-state index is -3.37. The summed E-state index contributed by atoms with van der Waals surface area (Å²) < 4.78 is 26.8. The molecule has 0 atom stereocenters. The molecule has 4 N–H and O–H groups in total. The average molecular weight is 199 g/mol. The lowest BCUT2D eigenvalue weighted by Gasteiger charge is -1.98. The van der Waals surface area contributed by atoms with E-state index in [9.17, 15) is 8.42 Å². The van der Waals surface area contributed by atoms with Gasteiger partial charge in [-0.15, -0.1) is 0 Å². The number of rotatable bonds is 1. The highest BCUT2D eigenvalue weighted by atomic mass is 32.2. The van der Waals surface area contributed by atoms with Crippen molar-refractivity contribution < 1.29 is 8.42 Å². The summed E-state index contributed by atoms with van der Waals surface area (Å²) >= 11 is 0. The summed E-state index contributed by atoms with van der Waals surface area (Å²) in [6.07, 6.45) is 0. The Morgan fingerprint density at radius 2 is 1.92 bits per heavy atom. The molecule has 0 saturated heterocycles. The molecule has 5 nitrogen and oxygen atoms in total. The number of hydrogen-bond acceptors (Lipinski definition) is 3. The smallest absolute Gasteiger partial charge is 0.321 e. The number of hydrogen-bond donors (Lipinski definition) is 3. The van der Waals surface area contributed by atoms with Crippen LogP contribution in [0, 0.1) is 0 Å². The first-order valence-electron chi connectivity index (χ1n) is 3.74. The van der Waals surface area contributed by atoms with Crippen molar-refractivity contribution in [2.45, 2.75) is 6.54 Å². The van der Waals surface area contributed by atoms with Crippen LogP contribution in [0.2, 0.25) is 0 Å². The largest absolute Gasteiger partial charge is 0.326 e. The van der Waals surface area contributed by atoms with Gasteiger partial charge in [-0.05, 0) is 17.7 Å². The van der Waals surface area contributed by atoms with E-state index in [0.29, 0.717) is 17.9 Å². The third-order valence-electron chi connectivity index (χ3n) is 1.81. The van der Waals surface area contributed by atoms with Gasteiger partial charge in [0.2, 0.25) is 0 Å². The third-order valence-corrected chi connectivity index (χ3v) is 2.79. The molecule has 1 heterocycles. The molecule has 1 aliphatic heterocycles. The lowest BCUT2D eigenvalue weighted by atomic mass is 10.2. The van der Waals surface area contributed by atoms with Crippen molar-refractivity contribution in [2.75, 3.05) is 9.44 Å². The second-order valence-corrected chi connectivity index (χ2v) is 4.21. The molecule has 70 valence electrons. The van der Waals surface area contributed by atoms with Gasteiger partial charge in [-0.1, -0.05) is 6.07 Å². The van der Waals surface area contributed by atoms with Crippen molar-refractivity contribution in [2.24, 2.45) is 5.73 Å². The molecule has 0 bridgehead atoms. The van der Waals surface area contributed by atoms with Gasteiger partial charge >= 0.3 is 10.2 Å². The standard InChI is InChI=1S/C7H9N3O2S/c8-4-5-1-2-6-7(3-5)10-13(11,12)9-6/h1-3,9-10H,4,8H2. The highest BCUT2D eigenvalue weighted by Gasteiger charge is 2.21. The zero-order valence-corrected chi connectivity index (χ0v) is 7.56. The van der Waals surface area contributed by atoms with Crippen LogP contribution in [0.4, 0.5) is 11.4 Å². The monoisotopic (exact) mass is 199 g/mol.